The normalized spacial score (nSPS) is 14.4. The highest BCUT2D eigenvalue weighted by Gasteiger charge is 2.20. The van der Waals surface area contributed by atoms with Crippen LogP contribution in [0.5, 0.6) is 5.75 Å². The topological polar surface area (TPSA) is 47.3 Å². The van der Waals surface area contributed by atoms with Gasteiger partial charge in [-0.05, 0) is 36.1 Å². The van der Waals surface area contributed by atoms with Crippen molar-refractivity contribution in [2.24, 2.45) is 11.8 Å². The van der Waals surface area contributed by atoms with E-state index in [2.05, 4.69) is 35.2 Å². The lowest BCUT2D eigenvalue weighted by Gasteiger charge is -2.24. The Labute approximate surface area is 112 Å². The Hall–Kier alpha value is -0.580. The monoisotopic (exact) mass is 300 g/mol. The maximum Gasteiger partial charge on any atom is 0.119 e. The second-order valence-electron chi connectivity index (χ2n) is 4.30. The van der Waals surface area contributed by atoms with Crippen molar-refractivity contribution in [2.75, 3.05) is 7.11 Å². The standard InChI is InChI=1S/C13H21BrN2O/c1-4-5-9(2)13(16-15)11-8-10(17-3)6-7-12(11)14/h6-9,13,16H,4-5,15H2,1-3H3. The molecule has 0 heterocycles. The summed E-state index contributed by atoms with van der Waals surface area (Å²) in [5.41, 5.74) is 4.06. The first-order valence-corrected chi connectivity index (χ1v) is 6.72. The van der Waals surface area contributed by atoms with E-state index in [0.717, 1.165) is 28.6 Å². The van der Waals surface area contributed by atoms with E-state index < -0.39 is 0 Å². The molecule has 4 heteroatoms. The average Bonchev–Trinajstić information content (AvgIpc) is 2.33. The van der Waals surface area contributed by atoms with E-state index in [0.29, 0.717) is 5.92 Å². The van der Waals surface area contributed by atoms with Crippen LogP contribution in [-0.4, -0.2) is 7.11 Å². The molecule has 3 nitrogen and oxygen atoms in total. The Bertz CT molecular complexity index is 357. The van der Waals surface area contributed by atoms with Gasteiger partial charge in [-0.15, -0.1) is 0 Å². The highest BCUT2D eigenvalue weighted by atomic mass is 79.9. The van der Waals surface area contributed by atoms with Crippen LogP contribution < -0.4 is 16.0 Å². The van der Waals surface area contributed by atoms with E-state index in [1.54, 1.807) is 7.11 Å². The van der Waals surface area contributed by atoms with E-state index in [1.807, 2.05) is 18.2 Å². The third kappa shape index (κ3) is 3.69. The number of nitrogens with two attached hydrogens (primary N) is 1. The van der Waals surface area contributed by atoms with Crippen LogP contribution in [0.15, 0.2) is 22.7 Å². The van der Waals surface area contributed by atoms with E-state index >= 15 is 0 Å². The van der Waals surface area contributed by atoms with Gasteiger partial charge in [0.25, 0.3) is 0 Å². The van der Waals surface area contributed by atoms with Gasteiger partial charge in [0.2, 0.25) is 0 Å². The maximum absolute atomic E-state index is 5.68. The molecule has 0 aliphatic heterocycles. The number of benzene rings is 1. The molecule has 0 aliphatic rings. The molecule has 0 saturated carbocycles. The fourth-order valence-electron chi connectivity index (χ4n) is 2.07. The van der Waals surface area contributed by atoms with Crippen molar-refractivity contribution in [2.45, 2.75) is 32.7 Å². The zero-order valence-electron chi connectivity index (χ0n) is 10.7. The van der Waals surface area contributed by atoms with Gasteiger partial charge < -0.3 is 4.74 Å². The van der Waals surface area contributed by atoms with E-state index in [9.17, 15) is 0 Å². The van der Waals surface area contributed by atoms with E-state index in [1.165, 1.54) is 0 Å². The number of nitrogens with one attached hydrogen (secondary N) is 1. The molecule has 0 spiro atoms. The van der Waals surface area contributed by atoms with Crippen molar-refractivity contribution in [3.05, 3.63) is 28.2 Å². The number of hydrazine groups is 1. The lowest BCUT2D eigenvalue weighted by molar-refractivity contribution is 0.364. The van der Waals surface area contributed by atoms with Gasteiger partial charge in [0, 0.05) is 10.5 Å². The molecular weight excluding hydrogens is 280 g/mol. The maximum atomic E-state index is 5.68. The van der Waals surface area contributed by atoms with Crippen LogP contribution in [0, 0.1) is 5.92 Å². The Morgan fingerprint density at radius 2 is 2.18 bits per heavy atom. The smallest absolute Gasteiger partial charge is 0.119 e. The summed E-state index contributed by atoms with van der Waals surface area (Å²) < 4.78 is 6.31. The van der Waals surface area contributed by atoms with Crippen molar-refractivity contribution >= 4 is 15.9 Å². The van der Waals surface area contributed by atoms with Gasteiger partial charge >= 0.3 is 0 Å². The Morgan fingerprint density at radius 1 is 1.47 bits per heavy atom. The average molecular weight is 301 g/mol. The SMILES string of the molecule is CCCC(C)C(NN)c1cc(OC)ccc1Br. The molecule has 0 aromatic heterocycles. The summed E-state index contributed by atoms with van der Waals surface area (Å²) >= 11 is 3.57. The number of rotatable bonds is 6. The van der Waals surface area contributed by atoms with Crippen molar-refractivity contribution in [3.63, 3.8) is 0 Å². The first-order valence-electron chi connectivity index (χ1n) is 5.93. The second kappa shape index (κ2) is 6.99. The number of methoxy groups -OCH3 is 1. The minimum Gasteiger partial charge on any atom is -0.497 e. The van der Waals surface area contributed by atoms with Gasteiger partial charge in [0.15, 0.2) is 0 Å². The van der Waals surface area contributed by atoms with Gasteiger partial charge in [-0.1, -0.05) is 36.2 Å². The largest absolute Gasteiger partial charge is 0.497 e. The zero-order valence-corrected chi connectivity index (χ0v) is 12.3. The fourth-order valence-corrected chi connectivity index (χ4v) is 2.56. The zero-order chi connectivity index (χ0) is 12.8. The van der Waals surface area contributed by atoms with Crippen LogP contribution in [0.4, 0.5) is 0 Å². The molecule has 0 bridgehead atoms. The molecule has 1 rings (SSSR count). The molecule has 0 saturated heterocycles. The number of hydrogen-bond acceptors (Lipinski definition) is 3. The summed E-state index contributed by atoms with van der Waals surface area (Å²) in [6.07, 6.45) is 2.29. The Morgan fingerprint density at radius 3 is 2.71 bits per heavy atom. The van der Waals surface area contributed by atoms with Crippen LogP contribution in [0.3, 0.4) is 0 Å². The number of ether oxygens (including phenoxy) is 1. The van der Waals surface area contributed by atoms with Gasteiger partial charge in [-0.2, -0.15) is 0 Å². The first-order chi connectivity index (χ1) is 8.13. The Kier molecular flexibility index (Phi) is 5.95. The predicted molar refractivity (Wildman–Crippen MR) is 74.8 cm³/mol. The quantitative estimate of drug-likeness (QED) is 0.625. The van der Waals surface area contributed by atoms with Crippen LogP contribution >= 0.6 is 15.9 Å². The van der Waals surface area contributed by atoms with Gasteiger partial charge in [-0.25, -0.2) is 0 Å². The molecule has 3 N–H and O–H groups in total. The van der Waals surface area contributed by atoms with Gasteiger partial charge in [-0.3, -0.25) is 11.3 Å². The molecule has 2 unspecified atom stereocenters. The van der Waals surface area contributed by atoms with E-state index in [-0.39, 0.29) is 6.04 Å². The summed E-state index contributed by atoms with van der Waals surface area (Å²) in [6.45, 7) is 4.39. The van der Waals surface area contributed by atoms with Crippen LogP contribution in [-0.2, 0) is 0 Å². The molecule has 0 aliphatic carbocycles. The van der Waals surface area contributed by atoms with Crippen molar-refractivity contribution in [1.29, 1.82) is 0 Å². The van der Waals surface area contributed by atoms with Gasteiger partial charge in [0.05, 0.1) is 7.11 Å². The molecule has 96 valence electrons. The van der Waals surface area contributed by atoms with E-state index in [4.69, 9.17) is 10.6 Å². The molecule has 17 heavy (non-hydrogen) atoms. The summed E-state index contributed by atoms with van der Waals surface area (Å²) in [6, 6.07) is 6.10. The fraction of sp³-hybridized carbons (Fsp3) is 0.538. The van der Waals surface area contributed by atoms with Crippen molar-refractivity contribution in [1.82, 2.24) is 5.43 Å². The summed E-state index contributed by atoms with van der Waals surface area (Å²) in [5.74, 6) is 7.02. The third-order valence-electron chi connectivity index (χ3n) is 3.03. The Balaban J connectivity index is 3.01. The minimum absolute atomic E-state index is 0.138. The minimum atomic E-state index is 0.138. The molecule has 0 radical (unpaired) electrons. The van der Waals surface area contributed by atoms with Crippen LogP contribution in [0.1, 0.15) is 38.3 Å². The van der Waals surface area contributed by atoms with Gasteiger partial charge in [0.1, 0.15) is 5.75 Å². The highest BCUT2D eigenvalue weighted by molar-refractivity contribution is 9.10. The molecule has 1 aromatic carbocycles. The van der Waals surface area contributed by atoms with Crippen molar-refractivity contribution in [3.8, 4) is 5.75 Å². The third-order valence-corrected chi connectivity index (χ3v) is 3.75. The first kappa shape index (κ1) is 14.5. The van der Waals surface area contributed by atoms with Crippen LogP contribution in [0.2, 0.25) is 0 Å². The molecular formula is C13H21BrN2O. The molecule has 0 amide bonds. The lowest BCUT2D eigenvalue weighted by atomic mass is 9.91. The summed E-state index contributed by atoms with van der Waals surface area (Å²) in [5, 5.41) is 0. The second-order valence-corrected chi connectivity index (χ2v) is 5.15. The van der Waals surface area contributed by atoms with Crippen LogP contribution in [0.25, 0.3) is 0 Å². The molecule has 2 atom stereocenters. The highest BCUT2D eigenvalue weighted by Crippen LogP contribution is 2.32. The predicted octanol–water partition coefficient (Wildman–Crippen LogP) is 3.40. The van der Waals surface area contributed by atoms with Crippen molar-refractivity contribution < 1.29 is 4.74 Å². The summed E-state index contributed by atoms with van der Waals surface area (Å²) in [4.78, 5) is 0. The molecule has 0 fully saturated rings. The number of hydrogen-bond donors (Lipinski definition) is 2. The summed E-state index contributed by atoms with van der Waals surface area (Å²) in [7, 11) is 1.67. The number of halogens is 1. The molecule has 1 aromatic rings. The lowest BCUT2D eigenvalue weighted by Crippen LogP contribution is -2.32.